The normalized spacial score (nSPS) is 8.82. The Morgan fingerprint density at radius 3 is 2.55 bits per heavy atom. The van der Waals surface area contributed by atoms with Gasteiger partial charge in [0.25, 0.3) is 0 Å². The lowest BCUT2D eigenvalue weighted by atomic mass is 10.2. The summed E-state index contributed by atoms with van der Waals surface area (Å²) in [7, 11) is 0. The molecule has 0 rings (SSSR count). The second kappa shape index (κ2) is 5.78. The first-order valence-electron chi connectivity index (χ1n) is 3.83. The van der Waals surface area contributed by atoms with E-state index >= 15 is 0 Å². The molecule has 0 atom stereocenters. The molecule has 0 spiro atoms. The molecule has 0 aromatic heterocycles. The molecule has 0 bridgehead atoms. The van der Waals surface area contributed by atoms with Crippen molar-refractivity contribution in [3.05, 3.63) is 37.1 Å². The minimum Gasteiger partial charge on any atom is -0.385 e. The second-order valence-electron chi connectivity index (χ2n) is 2.74. The fraction of sp³-hybridized carbons (Fsp3) is 0.400. The van der Waals surface area contributed by atoms with Crippen molar-refractivity contribution in [1.29, 1.82) is 0 Å². The van der Waals surface area contributed by atoms with Crippen molar-refractivity contribution in [2.45, 2.75) is 19.8 Å². The van der Waals surface area contributed by atoms with Crippen molar-refractivity contribution in [3.8, 4) is 0 Å². The predicted octanol–water partition coefficient (Wildman–Crippen LogP) is 2.63. The Kier molecular flexibility index (Phi) is 5.26. The lowest BCUT2D eigenvalue weighted by molar-refractivity contribution is 0.799. The van der Waals surface area contributed by atoms with Gasteiger partial charge in [-0.25, -0.2) is 0 Å². The summed E-state index contributed by atoms with van der Waals surface area (Å²) in [4.78, 5) is 0. The molecule has 1 nitrogen and oxygen atoms in total. The molecule has 0 aliphatic rings. The van der Waals surface area contributed by atoms with Gasteiger partial charge in [0.15, 0.2) is 0 Å². The first-order chi connectivity index (χ1) is 5.16. The van der Waals surface area contributed by atoms with Crippen molar-refractivity contribution < 1.29 is 0 Å². The van der Waals surface area contributed by atoms with Crippen LogP contribution in [0.4, 0.5) is 0 Å². The van der Waals surface area contributed by atoms with Crippen LogP contribution in [0, 0.1) is 0 Å². The monoisotopic (exact) mass is 151 g/mol. The zero-order valence-electron chi connectivity index (χ0n) is 7.32. The van der Waals surface area contributed by atoms with E-state index in [9.17, 15) is 0 Å². The van der Waals surface area contributed by atoms with E-state index in [0.29, 0.717) is 0 Å². The van der Waals surface area contributed by atoms with Gasteiger partial charge >= 0.3 is 0 Å². The fourth-order valence-corrected chi connectivity index (χ4v) is 0.641. The van der Waals surface area contributed by atoms with Crippen molar-refractivity contribution in [3.63, 3.8) is 0 Å². The molecular formula is C10H17N. The molecule has 1 heteroatoms. The Bertz CT molecular complexity index is 156. The first-order valence-corrected chi connectivity index (χ1v) is 3.83. The highest BCUT2D eigenvalue weighted by atomic mass is 14.9. The Hall–Kier alpha value is -0.980. The summed E-state index contributed by atoms with van der Waals surface area (Å²) in [5, 5.41) is 3.18. The van der Waals surface area contributed by atoms with Gasteiger partial charge in [0, 0.05) is 12.2 Å². The number of allylic oxidation sites excluding steroid dienone is 2. The molecule has 0 aliphatic carbocycles. The Labute approximate surface area is 69.5 Å². The minimum atomic E-state index is 0.829. The topological polar surface area (TPSA) is 12.0 Å². The zero-order chi connectivity index (χ0) is 8.69. The molecule has 0 heterocycles. The van der Waals surface area contributed by atoms with Crippen LogP contribution in [0.25, 0.3) is 0 Å². The van der Waals surface area contributed by atoms with E-state index in [4.69, 9.17) is 0 Å². The molecule has 0 radical (unpaired) electrons. The zero-order valence-corrected chi connectivity index (χ0v) is 7.32. The molecule has 0 aromatic carbocycles. The highest BCUT2D eigenvalue weighted by molar-refractivity contribution is 4.99. The number of nitrogens with one attached hydrogen (secondary N) is 1. The maximum atomic E-state index is 3.86. The smallest absolute Gasteiger partial charge is 0.0351 e. The summed E-state index contributed by atoms with van der Waals surface area (Å²) in [6, 6.07) is 0. The lowest BCUT2D eigenvalue weighted by Crippen LogP contribution is -2.14. The Morgan fingerprint density at radius 1 is 1.45 bits per heavy atom. The second-order valence-corrected chi connectivity index (χ2v) is 2.74. The highest BCUT2D eigenvalue weighted by Gasteiger charge is 1.90. The average Bonchev–Trinajstić information content (AvgIpc) is 1.97. The number of hydrogen-bond acceptors (Lipinski definition) is 1. The van der Waals surface area contributed by atoms with Gasteiger partial charge in [-0.15, -0.1) is 6.58 Å². The van der Waals surface area contributed by atoms with Crippen LogP contribution in [0.1, 0.15) is 19.8 Å². The Morgan fingerprint density at radius 2 is 2.09 bits per heavy atom. The summed E-state index contributed by atoms with van der Waals surface area (Å²) < 4.78 is 0. The maximum Gasteiger partial charge on any atom is 0.0351 e. The van der Waals surface area contributed by atoms with Crippen LogP contribution in [0.3, 0.4) is 0 Å². The highest BCUT2D eigenvalue weighted by Crippen LogP contribution is 1.98. The summed E-state index contributed by atoms with van der Waals surface area (Å²) in [5.41, 5.74) is 2.19. The predicted molar refractivity (Wildman–Crippen MR) is 51.4 cm³/mol. The van der Waals surface area contributed by atoms with Gasteiger partial charge in [-0.2, -0.15) is 0 Å². The summed E-state index contributed by atoms with van der Waals surface area (Å²) in [5.74, 6) is 0. The van der Waals surface area contributed by atoms with Crippen LogP contribution in [0.5, 0.6) is 0 Å². The molecule has 62 valence electrons. The third-order valence-corrected chi connectivity index (χ3v) is 1.29. The Balaban J connectivity index is 3.37. The minimum absolute atomic E-state index is 0.829. The van der Waals surface area contributed by atoms with Crippen molar-refractivity contribution >= 4 is 0 Å². The molecule has 0 aliphatic heterocycles. The van der Waals surface area contributed by atoms with Crippen molar-refractivity contribution in [1.82, 2.24) is 5.32 Å². The van der Waals surface area contributed by atoms with Crippen LogP contribution in [-0.4, -0.2) is 6.54 Å². The van der Waals surface area contributed by atoms with Gasteiger partial charge in [-0.05, 0) is 19.8 Å². The first kappa shape index (κ1) is 10.0. The van der Waals surface area contributed by atoms with Crippen LogP contribution in [0.2, 0.25) is 0 Å². The van der Waals surface area contributed by atoms with E-state index < -0.39 is 0 Å². The third kappa shape index (κ3) is 6.91. The number of hydrogen-bond donors (Lipinski definition) is 1. The van der Waals surface area contributed by atoms with Crippen LogP contribution >= 0.6 is 0 Å². The molecule has 1 N–H and O–H groups in total. The quantitative estimate of drug-likeness (QED) is 0.575. The molecule has 0 unspecified atom stereocenters. The largest absolute Gasteiger partial charge is 0.385 e. The van der Waals surface area contributed by atoms with E-state index in [0.717, 1.165) is 30.7 Å². The van der Waals surface area contributed by atoms with Gasteiger partial charge in [0.2, 0.25) is 0 Å². The van der Waals surface area contributed by atoms with E-state index in [2.05, 4.69) is 25.1 Å². The molecule has 0 fully saturated rings. The maximum absolute atomic E-state index is 3.86. The fourth-order valence-electron chi connectivity index (χ4n) is 0.641. The van der Waals surface area contributed by atoms with E-state index in [1.54, 1.807) is 0 Å². The SMILES string of the molecule is C=CCCC(=C)NCC(=C)C. The van der Waals surface area contributed by atoms with Gasteiger partial charge in [0.1, 0.15) is 0 Å². The third-order valence-electron chi connectivity index (χ3n) is 1.29. The van der Waals surface area contributed by atoms with Crippen LogP contribution in [-0.2, 0) is 0 Å². The van der Waals surface area contributed by atoms with E-state index in [1.807, 2.05) is 13.0 Å². The van der Waals surface area contributed by atoms with Crippen LogP contribution < -0.4 is 5.32 Å². The van der Waals surface area contributed by atoms with Gasteiger partial charge < -0.3 is 5.32 Å². The van der Waals surface area contributed by atoms with E-state index in [1.165, 1.54) is 0 Å². The molecule has 0 saturated heterocycles. The van der Waals surface area contributed by atoms with Crippen molar-refractivity contribution in [2.24, 2.45) is 0 Å². The van der Waals surface area contributed by atoms with Gasteiger partial charge in [-0.1, -0.05) is 24.8 Å². The summed E-state index contributed by atoms with van der Waals surface area (Å²) in [6.45, 7) is 14.1. The molecule has 0 amide bonds. The van der Waals surface area contributed by atoms with Crippen LogP contribution in [0.15, 0.2) is 37.1 Å². The summed E-state index contributed by atoms with van der Waals surface area (Å²) >= 11 is 0. The lowest BCUT2D eigenvalue weighted by Gasteiger charge is -2.07. The van der Waals surface area contributed by atoms with Gasteiger partial charge in [0.05, 0.1) is 0 Å². The molecule has 0 saturated carbocycles. The molecular weight excluding hydrogens is 134 g/mol. The molecule has 11 heavy (non-hydrogen) atoms. The molecule has 0 aromatic rings. The van der Waals surface area contributed by atoms with Crippen molar-refractivity contribution in [2.75, 3.05) is 6.54 Å². The summed E-state index contributed by atoms with van der Waals surface area (Å²) in [6.07, 6.45) is 3.85. The standard InChI is InChI=1S/C10H17N/c1-5-6-7-10(4)11-8-9(2)3/h5,11H,1-2,4,6-8H2,3H3. The van der Waals surface area contributed by atoms with Gasteiger partial charge in [-0.3, -0.25) is 0 Å². The number of rotatable bonds is 6. The van der Waals surface area contributed by atoms with E-state index in [-0.39, 0.29) is 0 Å². The average molecular weight is 151 g/mol.